The van der Waals surface area contributed by atoms with Crippen molar-refractivity contribution in [1.29, 1.82) is 0 Å². The topological polar surface area (TPSA) is 24.7 Å². The molecule has 3 aromatic carbocycles. The molecule has 5 rings (SSSR count). The normalized spacial score (nSPS) is 13.8. The van der Waals surface area contributed by atoms with Crippen molar-refractivity contribution in [3.8, 4) is 11.1 Å². The van der Waals surface area contributed by atoms with Crippen LogP contribution in [0.3, 0.4) is 0 Å². The van der Waals surface area contributed by atoms with E-state index >= 15 is 0 Å². The summed E-state index contributed by atoms with van der Waals surface area (Å²) in [6, 6.07) is 19.2. The number of benzene rings is 3. The molecule has 0 bridgehead atoms. The van der Waals surface area contributed by atoms with E-state index in [0.717, 1.165) is 22.8 Å². The first-order valence-electron chi connectivity index (χ1n) is 9.08. The molecule has 2 aliphatic rings. The summed E-state index contributed by atoms with van der Waals surface area (Å²) in [5, 5.41) is 2.21. The third-order valence-electron chi connectivity index (χ3n) is 5.55. The first-order valence-corrected chi connectivity index (χ1v) is 9.08. The molecule has 3 aromatic rings. The van der Waals surface area contributed by atoms with Crippen LogP contribution in [0.2, 0.25) is 0 Å². The SMILES string of the molecule is CC1=C(Cc2ccccc2)N=c2cc3c(c(C)c21)=Nc1c(C)cccc1-3. The Morgan fingerprint density at radius 1 is 0.808 bits per heavy atom. The van der Waals surface area contributed by atoms with Gasteiger partial charge < -0.3 is 0 Å². The van der Waals surface area contributed by atoms with Crippen molar-refractivity contribution in [2.24, 2.45) is 9.98 Å². The standard InChI is InChI=1S/C24H20N2/c1-14-8-7-11-18-19-13-21-22(16(3)24(19)26-23(14)18)15(2)20(25-21)12-17-9-5-4-6-10-17/h4-11,13H,12H2,1-3H3. The summed E-state index contributed by atoms with van der Waals surface area (Å²) >= 11 is 0. The molecule has 26 heavy (non-hydrogen) atoms. The predicted molar refractivity (Wildman–Crippen MR) is 106 cm³/mol. The smallest absolute Gasteiger partial charge is 0.0753 e. The molecule has 0 saturated heterocycles. The summed E-state index contributed by atoms with van der Waals surface area (Å²) in [7, 11) is 0. The Hall–Kier alpha value is -3.00. The molecule has 2 heteroatoms. The Bertz CT molecular complexity index is 1220. The van der Waals surface area contributed by atoms with Crippen LogP contribution < -0.4 is 10.7 Å². The molecule has 0 fully saturated rings. The van der Waals surface area contributed by atoms with Gasteiger partial charge in [-0.1, -0.05) is 48.5 Å². The van der Waals surface area contributed by atoms with Gasteiger partial charge in [-0.25, -0.2) is 4.99 Å². The summed E-state index contributed by atoms with van der Waals surface area (Å²) in [6.07, 6.45) is 0.873. The number of hydrogen-bond donors (Lipinski definition) is 0. The molecule has 2 aliphatic heterocycles. The Balaban J connectivity index is 1.69. The minimum atomic E-state index is 0.873. The maximum atomic E-state index is 5.00. The predicted octanol–water partition coefficient (Wildman–Crippen LogP) is 4.84. The van der Waals surface area contributed by atoms with Gasteiger partial charge in [0, 0.05) is 28.8 Å². The summed E-state index contributed by atoms with van der Waals surface area (Å²) in [5.41, 5.74) is 11.1. The zero-order valence-electron chi connectivity index (χ0n) is 15.3. The number of hydrogen-bond acceptors (Lipinski definition) is 2. The van der Waals surface area contributed by atoms with Crippen LogP contribution in [-0.4, -0.2) is 0 Å². The van der Waals surface area contributed by atoms with Gasteiger partial charge in [-0.15, -0.1) is 0 Å². The highest BCUT2D eigenvalue weighted by Gasteiger charge is 2.23. The van der Waals surface area contributed by atoms with Crippen LogP contribution in [0.4, 0.5) is 5.69 Å². The average molecular weight is 336 g/mol. The number of allylic oxidation sites excluding steroid dienone is 2. The van der Waals surface area contributed by atoms with Crippen LogP contribution in [-0.2, 0) is 6.42 Å². The molecule has 0 N–H and O–H groups in total. The second-order valence-electron chi connectivity index (χ2n) is 7.22. The quantitative estimate of drug-likeness (QED) is 0.500. The van der Waals surface area contributed by atoms with Crippen molar-refractivity contribution in [2.75, 3.05) is 0 Å². The molecule has 2 heterocycles. The number of fused-ring (bicyclic) bond motifs is 4. The van der Waals surface area contributed by atoms with Crippen molar-refractivity contribution < 1.29 is 0 Å². The van der Waals surface area contributed by atoms with Crippen molar-refractivity contribution >= 4 is 11.3 Å². The fraction of sp³-hybridized carbons (Fsp3) is 0.167. The van der Waals surface area contributed by atoms with Gasteiger partial charge in [0.1, 0.15) is 0 Å². The van der Waals surface area contributed by atoms with Gasteiger partial charge in [-0.3, -0.25) is 4.99 Å². The summed E-state index contributed by atoms with van der Waals surface area (Å²) in [6.45, 7) is 6.51. The van der Waals surface area contributed by atoms with Gasteiger partial charge >= 0.3 is 0 Å². The summed E-state index contributed by atoms with van der Waals surface area (Å²) in [5.74, 6) is 0. The lowest BCUT2D eigenvalue weighted by atomic mass is 9.95. The molecule has 0 unspecified atom stereocenters. The van der Waals surface area contributed by atoms with Crippen molar-refractivity contribution in [3.63, 3.8) is 0 Å². The van der Waals surface area contributed by atoms with Gasteiger partial charge in [-0.05, 0) is 49.1 Å². The third-order valence-corrected chi connectivity index (χ3v) is 5.55. The van der Waals surface area contributed by atoms with E-state index in [0.29, 0.717) is 0 Å². The molecule has 126 valence electrons. The van der Waals surface area contributed by atoms with E-state index in [1.54, 1.807) is 0 Å². The van der Waals surface area contributed by atoms with Gasteiger partial charge in [0.15, 0.2) is 0 Å². The van der Waals surface area contributed by atoms with Crippen LogP contribution >= 0.6 is 0 Å². The van der Waals surface area contributed by atoms with Crippen LogP contribution in [0.5, 0.6) is 0 Å². The number of rotatable bonds is 2. The van der Waals surface area contributed by atoms with Crippen LogP contribution in [0.15, 0.2) is 70.3 Å². The van der Waals surface area contributed by atoms with Crippen molar-refractivity contribution in [2.45, 2.75) is 27.2 Å². The van der Waals surface area contributed by atoms with E-state index in [1.807, 2.05) is 0 Å². The largest absolute Gasteiger partial charge is 0.252 e. The maximum Gasteiger partial charge on any atom is 0.0753 e. The molecule has 0 aromatic heterocycles. The van der Waals surface area contributed by atoms with E-state index in [4.69, 9.17) is 9.98 Å². The fourth-order valence-electron chi connectivity index (χ4n) is 4.17. The molecule has 0 amide bonds. The summed E-state index contributed by atoms with van der Waals surface area (Å²) in [4.78, 5) is 9.97. The van der Waals surface area contributed by atoms with Crippen LogP contribution in [0, 0.1) is 13.8 Å². The minimum absolute atomic E-state index is 0.873. The number of aryl methyl sites for hydroxylation is 1. The molecular weight excluding hydrogens is 316 g/mol. The van der Waals surface area contributed by atoms with Gasteiger partial charge in [0.25, 0.3) is 0 Å². The van der Waals surface area contributed by atoms with Gasteiger partial charge in [0.05, 0.1) is 16.4 Å². The average Bonchev–Trinajstić information content (AvgIpc) is 3.16. The van der Waals surface area contributed by atoms with E-state index < -0.39 is 0 Å². The fourth-order valence-corrected chi connectivity index (χ4v) is 4.17. The first-order chi connectivity index (χ1) is 12.6. The van der Waals surface area contributed by atoms with Crippen molar-refractivity contribution in [1.82, 2.24) is 0 Å². The molecule has 0 spiro atoms. The minimum Gasteiger partial charge on any atom is -0.252 e. The Morgan fingerprint density at radius 2 is 1.62 bits per heavy atom. The maximum absolute atomic E-state index is 5.00. The van der Waals surface area contributed by atoms with Crippen LogP contribution in [0.1, 0.15) is 29.2 Å². The molecule has 0 atom stereocenters. The Kier molecular flexibility index (Phi) is 3.23. The zero-order chi connectivity index (χ0) is 17.8. The van der Waals surface area contributed by atoms with E-state index in [2.05, 4.69) is 75.4 Å². The van der Waals surface area contributed by atoms with E-state index in [9.17, 15) is 0 Å². The van der Waals surface area contributed by atoms with E-state index in [1.165, 1.54) is 44.7 Å². The van der Waals surface area contributed by atoms with Gasteiger partial charge in [0.2, 0.25) is 0 Å². The molecule has 0 saturated carbocycles. The lowest BCUT2D eigenvalue weighted by Crippen LogP contribution is -2.18. The first kappa shape index (κ1) is 15.3. The highest BCUT2D eigenvalue weighted by molar-refractivity contribution is 5.84. The molecule has 2 nitrogen and oxygen atoms in total. The van der Waals surface area contributed by atoms with Gasteiger partial charge in [-0.2, -0.15) is 0 Å². The monoisotopic (exact) mass is 336 g/mol. The van der Waals surface area contributed by atoms with Crippen molar-refractivity contribution in [3.05, 3.63) is 93.3 Å². The second kappa shape index (κ2) is 5.50. The highest BCUT2D eigenvalue weighted by atomic mass is 14.8. The van der Waals surface area contributed by atoms with E-state index in [-0.39, 0.29) is 0 Å². The number of nitrogens with zero attached hydrogens (tertiary/aromatic N) is 2. The highest BCUT2D eigenvalue weighted by Crippen LogP contribution is 2.36. The lowest BCUT2D eigenvalue weighted by molar-refractivity contribution is 1.10. The zero-order valence-corrected chi connectivity index (χ0v) is 15.3. The Labute approximate surface area is 153 Å². The second-order valence-corrected chi connectivity index (χ2v) is 7.22. The molecule has 0 radical (unpaired) electrons. The molecule has 0 aliphatic carbocycles. The third kappa shape index (κ3) is 2.12. The molecular formula is C24H20N2. The van der Waals surface area contributed by atoms with Crippen LogP contribution in [0.25, 0.3) is 16.7 Å². The lowest BCUT2D eigenvalue weighted by Gasteiger charge is -2.06. The Morgan fingerprint density at radius 3 is 2.42 bits per heavy atom. The number of para-hydroxylation sites is 1. The summed E-state index contributed by atoms with van der Waals surface area (Å²) < 4.78 is 0.